The molecule has 9 nitrogen and oxygen atoms in total. The zero-order valence-electron chi connectivity index (χ0n) is 17.7. The Hall–Kier alpha value is -4.14. The van der Waals surface area contributed by atoms with Crippen molar-refractivity contribution in [2.75, 3.05) is 0 Å². The zero-order chi connectivity index (χ0) is 22.5. The number of carbonyl (C=O) groups excluding carboxylic acids is 2. The third-order valence-electron chi connectivity index (χ3n) is 5.14. The zero-order valence-corrected chi connectivity index (χ0v) is 17.7. The lowest BCUT2D eigenvalue weighted by molar-refractivity contribution is -0.122. The number of fused-ring (bicyclic) bond motifs is 1. The first-order valence-corrected chi connectivity index (χ1v) is 10.5. The molecule has 9 heteroatoms. The van der Waals surface area contributed by atoms with Crippen LogP contribution in [0.1, 0.15) is 30.3 Å². The highest BCUT2D eigenvalue weighted by Crippen LogP contribution is 2.17. The van der Waals surface area contributed by atoms with E-state index in [0.717, 1.165) is 23.0 Å². The first-order chi connectivity index (χ1) is 15.6. The number of benzene rings is 2. The van der Waals surface area contributed by atoms with Crippen LogP contribution in [-0.2, 0) is 17.9 Å². The topological polar surface area (TPSA) is 114 Å². The Bertz CT molecular complexity index is 1300. The average molecular weight is 432 g/mol. The van der Waals surface area contributed by atoms with Crippen LogP contribution in [0.4, 0.5) is 0 Å². The first-order valence-electron chi connectivity index (χ1n) is 10.5. The highest BCUT2D eigenvalue weighted by atomic mass is 16.2. The highest BCUT2D eigenvalue weighted by molar-refractivity contribution is 5.94. The smallest absolute Gasteiger partial charge is 0.292 e. The Labute approximate surface area is 184 Å². The molecule has 2 heterocycles. The van der Waals surface area contributed by atoms with Gasteiger partial charge in [-0.3, -0.25) is 34.7 Å². The van der Waals surface area contributed by atoms with Crippen molar-refractivity contribution in [3.05, 3.63) is 76.8 Å². The number of H-pyrrole nitrogens is 1. The molecular weight excluding hydrogens is 408 g/mol. The fourth-order valence-electron chi connectivity index (χ4n) is 3.59. The molecule has 2 amide bonds. The number of aromatic nitrogens is 4. The number of carbonyl (C=O) groups is 2. The predicted octanol–water partition coefficient (Wildman–Crippen LogP) is 2.45. The number of aryl methyl sites for hydroxylation is 2. The van der Waals surface area contributed by atoms with Gasteiger partial charge < -0.3 is 0 Å². The average Bonchev–Trinajstić information content (AvgIpc) is 3.41. The molecule has 32 heavy (non-hydrogen) atoms. The highest BCUT2D eigenvalue weighted by Gasteiger charge is 2.15. The van der Waals surface area contributed by atoms with Crippen LogP contribution in [0.25, 0.3) is 22.3 Å². The molecule has 0 aliphatic carbocycles. The summed E-state index contributed by atoms with van der Waals surface area (Å²) in [6, 6.07) is 18.6. The maximum Gasteiger partial charge on any atom is 0.329 e. The Morgan fingerprint density at radius 1 is 0.938 bits per heavy atom. The molecule has 0 spiro atoms. The van der Waals surface area contributed by atoms with Crippen LogP contribution < -0.4 is 16.5 Å². The summed E-state index contributed by atoms with van der Waals surface area (Å²) in [5.41, 5.74) is 7.99. The van der Waals surface area contributed by atoms with Crippen molar-refractivity contribution in [1.29, 1.82) is 0 Å². The number of hydrazine groups is 1. The van der Waals surface area contributed by atoms with E-state index in [-0.39, 0.29) is 24.3 Å². The van der Waals surface area contributed by atoms with E-state index >= 15 is 0 Å². The minimum atomic E-state index is -0.509. The molecule has 164 valence electrons. The van der Waals surface area contributed by atoms with Gasteiger partial charge in [-0.15, -0.1) is 0 Å². The van der Waals surface area contributed by atoms with E-state index < -0.39 is 11.8 Å². The standard InChI is InChI=1S/C23H24N6O3/c1-2-13-28-19-10-6-7-11-20(19)29(23(28)32)14-12-21(30)26-27-22(31)18-15-17(24-25-18)16-8-4-3-5-9-16/h3-11,15H,2,12-14H2,1H3,(H,24,25)(H,26,30)(H,27,31). The minimum Gasteiger partial charge on any atom is -0.292 e. The van der Waals surface area contributed by atoms with Gasteiger partial charge in [0.2, 0.25) is 5.91 Å². The maximum absolute atomic E-state index is 12.8. The molecule has 0 bridgehead atoms. The molecule has 2 aromatic carbocycles. The van der Waals surface area contributed by atoms with Crippen LogP contribution in [-0.4, -0.2) is 31.1 Å². The summed E-state index contributed by atoms with van der Waals surface area (Å²) < 4.78 is 3.31. The summed E-state index contributed by atoms with van der Waals surface area (Å²) in [5, 5.41) is 6.79. The predicted molar refractivity (Wildman–Crippen MR) is 121 cm³/mol. The number of imidazole rings is 1. The van der Waals surface area contributed by atoms with E-state index in [1.54, 1.807) is 15.2 Å². The maximum atomic E-state index is 12.8. The normalized spacial score (nSPS) is 10.9. The van der Waals surface area contributed by atoms with Crippen molar-refractivity contribution in [2.45, 2.75) is 32.9 Å². The van der Waals surface area contributed by atoms with Gasteiger partial charge in [-0.25, -0.2) is 4.79 Å². The number of hydrogen-bond acceptors (Lipinski definition) is 4. The third kappa shape index (κ3) is 4.31. The van der Waals surface area contributed by atoms with Crippen molar-refractivity contribution >= 4 is 22.8 Å². The van der Waals surface area contributed by atoms with E-state index in [1.807, 2.05) is 61.5 Å². The van der Waals surface area contributed by atoms with E-state index in [4.69, 9.17) is 0 Å². The van der Waals surface area contributed by atoms with Gasteiger partial charge in [-0.1, -0.05) is 49.4 Å². The van der Waals surface area contributed by atoms with E-state index in [0.29, 0.717) is 12.2 Å². The molecule has 0 fully saturated rings. The molecule has 0 unspecified atom stereocenters. The number of rotatable bonds is 7. The number of nitrogens with one attached hydrogen (secondary N) is 3. The summed E-state index contributed by atoms with van der Waals surface area (Å²) in [4.78, 5) is 37.4. The first kappa shape index (κ1) is 21.1. The molecule has 3 N–H and O–H groups in total. The summed E-state index contributed by atoms with van der Waals surface area (Å²) in [5.74, 6) is -0.912. The second-order valence-corrected chi connectivity index (χ2v) is 7.36. The minimum absolute atomic E-state index is 0.0402. The number of hydrogen-bond donors (Lipinski definition) is 3. The van der Waals surface area contributed by atoms with Gasteiger partial charge in [-0.2, -0.15) is 5.10 Å². The van der Waals surface area contributed by atoms with Gasteiger partial charge in [0.05, 0.1) is 16.7 Å². The molecule has 2 aromatic heterocycles. The summed E-state index contributed by atoms with van der Waals surface area (Å²) in [6.45, 7) is 2.83. The SMILES string of the molecule is CCCn1c(=O)n(CCC(=O)NNC(=O)c2cc(-c3ccccc3)n[nH]2)c2ccccc21. The third-order valence-corrected chi connectivity index (χ3v) is 5.14. The molecule has 0 radical (unpaired) electrons. The number of nitrogens with zero attached hydrogens (tertiary/aromatic N) is 3. The van der Waals surface area contributed by atoms with E-state index in [9.17, 15) is 14.4 Å². The van der Waals surface area contributed by atoms with Crippen molar-refractivity contribution in [3.63, 3.8) is 0 Å². The van der Waals surface area contributed by atoms with Crippen LogP contribution in [0.3, 0.4) is 0 Å². The Kier molecular flexibility index (Phi) is 6.16. The molecule has 0 aliphatic rings. The molecule has 0 saturated heterocycles. The molecule has 0 atom stereocenters. The van der Waals surface area contributed by atoms with Crippen LogP contribution in [0, 0.1) is 0 Å². The molecule has 4 rings (SSSR count). The molecule has 4 aromatic rings. The second kappa shape index (κ2) is 9.34. The van der Waals surface area contributed by atoms with Gasteiger partial charge in [-0.05, 0) is 24.6 Å². The van der Waals surface area contributed by atoms with Crippen LogP contribution in [0.2, 0.25) is 0 Å². The Morgan fingerprint density at radius 3 is 2.28 bits per heavy atom. The van der Waals surface area contributed by atoms with Crippen molar-refractivity contribution in [2.24, 2.45) is 0 Å². The summed E-state index contributed by atoms with van der Waals surface area (Å²) >= 11 is 0. The largest absolute Gasteiger partial charge is 0.329 e. The van der Waals surface area contributed by atoms with Crippen LogP contribution in [0.5, 0.6) is 0 Å². The summed E-state index contributed by atoms with van der Waals surface area (Å²) in [6.07, 6.45) is 0.874. The van der Waals surface area contributed by atoms with Gasteiger partial charge in [0, 0.05) is 25.1 Å². The molecule has 0 saturated carbocycles. The van der Waals surface area contributed by atoms with Gasteiger partial charge in [0.25, 0.3) is 5.91 Å². The van der Waals surface area contributed by atoms with Gasteiger partial charge in [0.15, 0.2) is 0 Å². The van der Waals surface area contributed by atoms with Gasteiger partial charge >= 0.3 is 5.69 Å². The number of aromatic amines is 1. The Balaban J connectivity index is 1.36. The lowest BCUT2D eigenvalue weighted by Gasteiger charge is -2.07. The van der Waals surface area contributed by atoms with Gasteiger partial charge in [0.1, 0.15) is 5.69 Å². The van der Waals surface area contributed by atoms with Crippen molar-refractivity contribution < 1.29 is 9.59 Å². The van der Waals surface area contributed by atoms with Crippen molar-refractivity contribution in [1.82, 2.24) is 30.2 Å². The van der Waals surface area contributed by atoms with Crippen LogP contribution >= 0.6 is 0 Å². The van der Waals surface area contributed by atoms with E-state index in [2.05, 4.69) is 21.0 Å². The molecular formula is C23H24N6O3. The van der Waals surface area contributed by atoms with Crippen LogP contribution in [0.15, 0.2) is 65.5 Å². The van der Waals surface area contributed by atoms with Crippen molar-refractivity contribution in [3.8, 4) is 11.3 Å². The lowest BCUT2D eigenvalue weighted by Crippen LogP contribution is -2.42. The Morgan fingerprint density at radius 2 is 1.59 bits per heavy atom. The lowest BCUT2D eigenvalue weighted by atomic mass is 10.1. The molecule has 0 aliphatic heterocycles. The monoisotopic (exact) mass is 432 g/mol. The number of para-hydroxylation sites is 2. The quantitative estimate of drug-likeness (QED) is 0.389. The second-order valence-electron chi connectivity index (χ2n) is 7.36. The fraction of sp³-hybridized carbons (Fsp3) is 0.217. The number of amides is 2. The summed E-state index contributed by atoms with van der Waals surface area (Å²) in [7, 11) is 0. The fourth-order valence-corrected chi connectivity index (χ4v) is 3.59. The van der Waals surface area contributed by atoms with E-state index in [1.165, 1.54) is 0 Å².